The first-order valence-corrected chi connectivity index (χ1v) is 5.49. The summed E-state index contributed by atoms with van der Waals surface area (Å²) in [7, 11) is 0. The lowest BCUT2D eigenvalue weighted by Gasteiger charge is -2.08. The highest BCUT2D eigenvalue weighted by atomic mass is 35.5. The number of carbonyl (C=O) groups is 1. The number of carbonyl (C=O) groups excluding carboxylic acids is 1. The van der Waals surface area contributed by atoms with Crippen molar-refractivity contribution in [3.63, 3.8) is 0 Å². The van der Waals surface area contributed by atoms with Crippen molar-refractivity contribution in [2.75, 3.05) is 6.61 Å². The summed E-state index contributed by atoms with van der Waals surface area (Å²) in [4.78, 5) is 11.3. The van der Waals surface area contributed by atoms with Gasteiger partial charge in [-0.15, -0.1) is 0 Å². The van der Waals surface area contributed by atoms with Crippen LogP contribution in [0.25, 0.3) is 0 Å². The third-order valence-corrected chi connectivity index (χ3v) is 2.44. The van der Waals surface area contributed by atoms with Crippen LogP contribution in [0.5, 0.6) is 5.75 Å². The van der Waals surface area contributed by atoms with Crippen molar-refractivity contribution < 1.29 is 13.9 Å². The zero-order valence-electron chi connectivity index (χ0n) is 9.30. The molecule has 0 heterocycles. The van der Waals surface area contributed by atoms with Gasteiger partial charge in [0.05, 0.1) is 11.6 Å². The van der Waals surface area contributed by atoms with E-state index in [9.17, 15) is 9.18 Å². The lowest BCUT2D eigenvalue weighted by molar-refractivity contribution is -0.122. The van der Waals surface area contributed by atoms with E-state index in [0.717, 1.165) is 0 Å². The standard InChI is InChI=1S/C12H14ClFO2/c1-8(2)11(15)5-6-16-12-4-3-9(14)7-10(12)13/h3-4,7-8H,5-6H2,1-2H3. The molecule has 0 saturated heterocycles. The summed E-state index contributed by atoms with van der Waals surface area (Å²) in [6, 6.07) is 3.91. The maximum Gasteiger partial charge on any atom is 0.138 e. The van der Waals surface area contributed by atoms with E-state index in [1.165, 1.54) is 18.2 Å². The van der Waals surface area contributed by atoms with Gasteiger partial charge in [0.1, 0.15) is 17.3 Å². The molecule has 1 aromatic rings. The maximum absolute atomic E-state index is 12.7. The Hall–Kier alpha value is -1.09. The molecule has 0 spiro atoms. The molecule has 0 aromatic heterocycles. The summed E-state index contributed by atoms with van der Waals surface area (Å²) in [6.07, 6.45) is 0.339. The zero-order chi connectivity index (χ0) is 12.1. The molecule has 0 radical (unpaired) electrons. The average Bonchev–Trinajstić information content (AvgIpc) is 2.20. The number of Topliss-reactive ketones (excluding diaryl/α,β-unsaturated/α-hetero) is 1. The van der Waals surface area contributed by atoms with Gasteiger partial charge in [0.2, 0.25) is 0 Å². The van der Waals surface area contributed by atoms with Gasteiger partial charge in [-0.05, 0) is 18.2 Å². The lowest BCUT2D eigenvalue weighted by atomic mass is 10.1. The number of hydrogen-bond acceptors (Lipinski definition) is 2. The highest BCUT2D eigenvalue weighted by Crippen LogP contribution is 2.24. The quantitative estimate of drug-likeness (QED) is 0.793. The Bertz CT molecular complexity index is 377. The summed E-state index contributed by atoms with van der Waals surface area (Å²) in [5.74, 6) is 0.140. The Morgan fingerprint density at radius 3 is 2.75 bits per heavy atom. The topological polar surface area (TPSA) is 26.3 Å². The molecule has 4 heteroatoms. The minimum absolute atomic E-state index is 0.00675. The van der Waals surface area contributed by atoms with Gasteiger partial charge in [-0.2, -0.15) is 0 Å². The van der Waals surface area contributed by atoms with Crippen LogP contribution in [0.1, 0.15) is 20.3 Å². The van der Waals surface area contributed by atoms with E-state index in [0.29, 0.717) is 12.2 Å². The first-order chi connectivity index (χ1) is 7.50. The molecule has 0 atom stereocenters. The van der Waals surface area contributed by atoms with Crippen molar-refractivity contribution >= 4 is 17.4 Å². The Morgan fingerprint density at radius 1 is 1.50 bits per heavy atom. The molecule has 0 unspecified atom stereocenters. The molecular formula is C12H14ClFO2. The predicted octanol–water partition coefficient (Wildman–Crippen LogP) is 3.47. The van der Waals surface area contributed by atoms with Gasteiger partial charge in [-0.1, -0.05) is 25.4 Å². The average molecular weight is 245 g/mol. The Labute approximate surface area is 99.4 Å². The monoisotopic (exact) mass is 244 g/mol. The predicted molar refractivity (Wildman–Crippen MR) is 61.4 cm³/mol. The van der Waals surface area contributed by atoms with E-state index >= 15 is 0 Å². The van der Waals surface area contributed by atoms with Crippen LogP contribution in [-0.4, -0.2) is 12.4 Å². The zero-order valence-corrected chi connectivity index (χ0v) is 10.1. The normalized spacial score (nSPS) is 10.6. The van der Waals surface area contributed by atoms with Gasteiger partial charge < -0.3 is 4.74 Å². The van der Waals surface area contributed by atoms with Crippen molar-refractivity contribution in [2.45, 2.75) is 20.3 Å². The summed E-state index contributed by atoms with van der Waals surface area (Å²) in [5.41, 5.74) is 0. The molecule has 16 heavy (non-hydrogen) atoms. The molecule has 0 aliphatic heterocycles. The molecule has 0 fully saturated rings. The molecule has 1 aromatic carbocycles. The van der Waals surface area contributed by atoms with Gasteiger partial charge >= 0.3 is 0 Å². The summed E-state index contributed by atoms with van der Waals surface area (Å²) >= 11 is 5.76. The fourth-order valence-corrected chi connectivity index (χ4v) is 1.36. The SMILES string of the molecule is CC(C)C(=O)CCOc1ccc(F)cc1Cl. The summed E-state index contributed by atoms with van der Waals surface area (Å²) in [5, 5.41) is 0.219. The van der Waals surface area contributed by atoms with Crippen molar-refractivity contribution in [2.24, 2.45) is 5.92 Å². The largest absolute Gasteiger partial charge is 0.492 e. The van der Waals surface area contributed by atoms with Gasteiger partial charge in [0.15, 0.2) is 0 Å². The van der Waals surface area contributed by atoms with Crippen LogP contribution < -0.4 is 4.74 Å². The number of benzene rings is 1. The lowest BCUT2D eigenvalue weighted by Crippen LogP contribution is -2.11. The number of hydrogen-bond donors (Lipinski definition) is 0. The molecular weight excluding hydrogens is 231 g/mol. The molecule has 0 bridgehead atoms. The van der Waals surface area contributed by atoms with Crippen LogP contribution in [0.4, 0.5) is 4.39 Å². The number of rotatable bonds is 5. The van der Waals surface area contributed by atoms with Gasteiger partial charge in [-0.3, -0.25) is 4.79 Å². The van der Waals surface area contributed by atoms with Crippen LogP contribution in [-0.2, 0) is 4.79 Å². The number of ether oxygens (including phenoxy) is 1. The van der Waals surface area contributed by atoms with Gasteiger partial charge in [0.25, 0.3) is 0 Å². The molecule has 0 N–H and O–H groups in total. The molecule has 0 aliphatic rings. The minimum Gasteiger partial charge on any atom is -0.492 e. The third-order valence-electron chi connectivity index (χ3n) is 2.14. The van der Waals surface area contributed by atoms with Crippen LogP contribution in [0.3, 0.4) is 0 Å². The number of halogens is 2. The second kappa shape index (κ2) is 5.85. The van der Waals surface area contributed by atoms with Crippen molar-refractivity contribution in [3.8, 4) is 5.75 Å². The highest BCUT2D eigenvalue weighted by Gasteiger charge is 2.08. The fraction of sp³-hybridized carbons (Fsp3) is 0.417. The van der Waals surface area contributed by atoms with Crippen LogP contribution in [0.15, 0.2) is 18.2 Å². The Balaban J connectivity index is 2.46. The Kier molecular flexibility index (Phi) is 4.74. The molecule has 0 amide bonds. The van der Waals surface area contributed by atoms with Crippen molar-refractivity contribution in [3.05, 3.63) is 29.0 Å². The summed E-state index contributed by atoms with van der Waals surface area (Å²) < 4.78 is 18.0. The first-order valence-electron chi connectivity index (χ1n) is 5.11. The van der Waals surface area contributed by atoms with E-state index in [1.807, 2.05) is 13.8 Å². The third kappa shape index (κ3) is 3.81. The minimum atomic E-state index is -0.407. The highest BCUT2D eigenvalue weighted by molar-refractivity contribution is 6.32. The van der Waals surface area contributed by atoms with E-state index < -0.39 is 5.82 Å². The molecule has 2 nitrogen and oxygen atoms in total. The smallest absolute Gasteiger partial charge is 0.138 e. The van der Waals surface area contributed by atoms with Gasteiger partial charge in [-0.25, -0.2) is 4.39 Å². The van der Waals surface area contributed by atoms with Gasteiger partial charge in [0, 0.05) is 12.3 Å². The first kappa shape index (κ1) is 13.0. The summed E-state index contributed by atoms with van der Waals surface area (Å²) in [6.45, 7) is 3.95. The number of ketones is 1. The van der Waals surface area contributed by atoms with Crippen LogP contribution in [0, 0.1) is 11.7 Å². The molecule has 88 valence electrons. The molecule has 1 rings (SSSR count). The van der Waals surface area contributed by atoms with E-state index in [2.05, 4.69) is 0 Å². The van der Waals surface area contributed by atoms with E-state index in [4.69, 9.17) is 16.3 Å². The molecule has 0 saturated carbocycles. The van der Waals surface area contributed by atoms with E-state index in [-0.39, 0.29) is 23.3 Å². The van der Waals surface area contributed by atoms with E-state index in [1.54, 1.807) is 0 Å². The van der Waals surface area contributed by atoms with Crippen molar-refractivity contribution in [1.82, 2.24) is 0 Å². The van der Waals surface area contributed by atoms with Crippen LogP contribution >= 0.6 is 11.6 Å². The fourth-order valence-electron chi connectivity index (χ4n) is 1.14. The maximum atomic E-state index is 12.7. The van der Waals surface area contributed by atoms with Crippen molar-refractivity contribution in [1.29, 1.82) is 0 Å². The second-order valence-corrected chi connectivity index (χ2v) is 4.20. The Morgan fingerprint density at radius 2 is 2.19 bits per heavy atom. The molecule has 0 aliphatic carbocycles. The second-order valence-electron chi connectivity index (χ2n) is 3.79. The van der Waals surface area contributed by atoms with Crippen LogP contribution in [0.2, 0.25) is 5.02 Å².